The molecule has 0 radical (unpaired) electrons. The Morgan fingerprint density at radius 1 is 0.269 bits per heavy atom. The normalized spacial score (nSPS) is 12.5. The first-order chi connectivity index (χ1) is 38.6. The number of benzene rings is 14. The number of fused-ring (bicyclic) bond motifs is 14. The molecule has 0 fully saturated rings. The molecule has 17 rings (SSSR count). The summed E-state index contributed by atoms with van der Waals surface area (Å²) in [4.78, 5) is 4.89. The van der Waals surface area contributed by atoms with Gasteiger partial charge in [0.2, 0.25) is 0 Å². The number of rotatable bonds is 5. The highest BCUT2D eigenvalue weighted by molar-refractivity contribution is 7.99. The summed E-state index contributed by atoms with van der Waals surface area (Å²) in [6.45, 7) is 0. The van der Waals surface area contributed by atoms with Gasteiger partial charge < -0.3 is 9.47 Å². The van der Waals surface area contributed by atoms with Crippen molar-refractivity contribution in [1.82, 2.24) is 4.57 Å². The Balaban J connectivity index is 0.780. The lowest BCUT2D eigenvalue weighted by molar-refractivity contribution is 1.17. The molecule has 0 amide bonds. The molecule has 0 spiro atoms. The summed E-state index contributed by atoms with van der Waals surface area (Å²) in [6.07, 6.45) is 0. The van der Waals surface area contributed by atoms with E-state index < -0.39 is 0 Å². The number of hydrogen-bond acceptors (Lipinski definition) is 3. The minimum absolute atomic E-state index is 1.14. The predicted octanol–water partition coefficient (Wildman–Crippen LogP) is 21.9. The molecule has 4 heteroatoms. The van der Waals surface area contributed by atoms with E-state index in [9.17, 15) is 0 Å². The van der Waals surface area contributed by atoms with Crippen LogP contribution in [0.25, 0.3) is 135 Å². The van der Waals surface area contributed by atoms with Gasteiger partial charge in [0.05, 0.1) is 22.4 Å². The lowest BCUT2D eigenvalue weighted by atomic mass is 9.85. The van der Waals surface area contributed by atoms with Crippen LogP contribution in [-0.4, -0.2) is 4.57 Å². The van der Waals surface area contributed by atoms with E-state index in [-0.39, 0.29) is 0 Å². The van der Waals surface area contributed by atoms with Crippen LogP contribution in [0.1, 0.15) is 0 Å². The number of para-hydroxylation sites is 2. The first-order valence-electron chi connectivity index (χ1n) is 26.7. The molecule has 362 valence electrons. The van der Waals surface area contributed by atoms with Crippen LogP contribution < -0.4 is 4.90 Å². The molecule has 2 nitrogen and oxygen atoms in total. The maximum atomic E-state index is 2.45. The van der Waals surface area contributed by atoms with E-state index in [1.807, 2.05) is 23.1 Å². The van der Waals surface area contributed by atoms with Crippen molar-refractivity contribution >= 4 is 136 Å². The highest BCUT2D eigenvalue weighted by Crippen LogP contribution is 2.55. The zero-order chi connectivity index (χ0) is 51.0. The van der Waals surface area contributed by atoms with Crippen LogP contribution in [0.2, 0.25) is 0 Å². The molecule has 0 unspecified atom stereocenters. The zero-order valence-corrected chi connectivity index (χ0v) is 43.7. The summed E-state index contributed by atoms with van der Waals surface area (Å²) in [5, 5.41) is 17.8. The van der Waals surface area contributed by atoms with Crippen LogP contribution in [-0.2, 0) is 0 Å². The number of thiophene rings is 1. The van der Waals surface area contributed by atoms with E-state index in [2.05, 4.69) is 276 Å². The van der Waals surface area contributed by atoms with Gasteiger partial charge in [-0.25, -0.2) is 0 Å². The summed E-state index contributed by atoms with van der Waals surface area (Å²) in [7, 11) is 0. The zero-order valence-electron chi connectivity index (χ0n) is 42.1. The molecule has 3 heterocycles. The van der Waals surface area contributed by atoms with Crippen molar-refractivity contribution in [3.05, 3.63) is 267 Å². The summed E-state index contributed by atoms with van der Waals surface area (Å²) in [5.41, 5.74) is 14.4. The number of anilines is 3. The Kier molecular flexibility index (Phi) is 9.55. The van der Waals surface area contributed by atoms with E-state index in [0.29, 0.717) is 0 Å². The minimum atomic E-state index is 1.14. The smallest absolute Gasteiger partial charge is 0.0602 e. The number of aromatic nitrogens is 1. The van der Waals surface area contributed by atoms with E-state index in [4.69, 9.17) is 0 Å². The van der Waals surface area contributed by atoms with Crippen molar-refractivity contribution in [2.24, 2.45) is 0 Å². The van der Waals surface area contributed by atoms with Gasteiger partial charge in [-0.1, -0.05) is 182 Å². The standard InChI is InChI=1S/C74H44N2S2/c1-2-16-54(17-3-1)75-66-35-30-49(43-70(66)78-71-44-52(31-36-67(71)75)73-59-21-8-6-19-57(59)72(58-20-7-9-22-60(58)73)51-27-26-45-14-4-5-15-46(45)38-51)47-29-34-65-63(42-47)56-18-10-12-24-64(56)76(65)55-33-28-48-41-62-50(39-53(48)40-55)32-37-69-74(62)61-23-11-13-25-68(61)77-69/h1-44H. The van der Waals surface area contributed by atoms with Crippen molar-refractivity contribution in [3.63, 3.8) is 0 Å². The molecule has 78 heavy (non-hydrogen) atoms. The van der Waals surface area contributed by atoms with Gasteiger partial charge in [-0.2, -0.15) is 0 Å². The van der Waals surface area contributed by atoms with Gasteiger partial charge in [-0.15, -0.1) is 11.3 Å². The quantitative estimate of drug-likeness (QED) is 0.159. The van der Waals surface area contributed by atoms with Crippen molar-refractivity contribution in [3.8, 4) is 39.1 Å². The Hall–Kier alpha value is -9.45. The first kappa shape index (κ1) is 43.8. The van der Waals surface area contributed by atoms with Crippen LogP contribution in [0.5, 0.6) is 0 Å². The molecular weight excluding hydrogens is 981 g/mol. The van der Waals surface area contributed by atoms with Gasteiger partial charge in [-0.05, 0) is 184 Å². The molecule has 0 bridgehead atoms. The van der Waals surface area contributed by atoms with Crippen molar-refractivity contribution < 1.29 is 0 Å². The summed E-state index contributed by atoms with van der Waals surface area (Å²) >= 11 is 3.76. The topological polar surface area (TPSA) is 8.17 Å². The van der Waals surface area contributed by atoms with Crippen LogP contribution >= 0.6 is 23.1 Å². The van der Waals surface area contributed by atoms with E-state index in [1.165, 1.54) is 150 Å². The average molecular weight is 1030 g/mol. The van der Waals surface area contributed by atoms with Crippen LogP contribution in [0.4, 0.5) is 17.1 Å². The summed E-state index contributed by atoms with van der Waals surface area (Å²) in [6, 6.07) is 99.7. The second-order valence-corrected chi connectivity index (χ2v) is 22.9. The second kappa shape index (κ2) is 17.0. The van der Waals surface area contributed by atoms with E-state index in [0.717, 1.165) is 11.4 Å². The van der Waals surface area contributed by atoms with Gasteiger partial charge in [0, 0.05) is 52.1 Å². The van der Waals surface area contributed by atoms with Gasteiger partial charge >= 0.3 is 0 Å². The van der Waals surface area contributed by atoms with Crippen LogP contribution in [0, 0.1) is 0 Å². The molecule has 14 aromatic carbocycles. The molecule has 0 saturated heterocycles. The molecule has 0 saturated carbocycles. The maximum absolute atomic E-state index is 2.45. The lowest BCUT2D eigenvalue weighted by Crippen LogP contribution is -2.14. The molecule has 0 N–H and O–H groups in total. The number of nitrogens with zero attached hydrogens (tertiary/aromatic N) is 2. The fourth-order valence-corrected chi connectivity index (χ4v) is 15.2. The molecule has 0 atom stereocenters. The average Bonchev–Trinajstić information content (AvgIpc) is 4.18. The molecule has 1 aliphatic heterocycles. The summed E-state index contributed by atoms with van der Waals surface area (Å²) < 4.78 is 5.13. The second-order valence-electron chi connectivity index (χ2n) is 20.8. The van der Waals surface area contributed by atoms with Crippen LogP contribution in [0.15, 0.2) is 277 Å². The number of hydrogen-bond donors (Lipinski definition) is 0. The molecule has 0 aliphatic carbocycles. The fraction of sp³-hybridized carbons (Fsp3) is 0. The van der Waals surface area contributed by atoms with Crippen LogP contribution in [0.3, 0.4) is 0 Å². The molecule has 16 aromatic rings. The minimum Gasteiger partial charge on any atom is -0.309 e. The van der Waals surface area contributed by atoms with Crippen molar-refractivity contribution in [2.45, 2.75) is 9.79 Å². The highest BCUT2D eigenvalue weighted by atomic mass is 32.2. The fourth-order valence-electron chi connectivity index (χ4n) is 12.9. The monoisotopic (exact) mass is 1020 g/mol. The predicted molar refractivity (Wildman–Crippen MR) is 336 cm³/mol. The molecule has 2 aromatic heterocycles. The third-order valence-corrected chi connectivity index (χ3v) is 18.7. The van der Waals surface area contributed by atoms with Crippen molar-refractivity contribution in [1.29, 1.82) is 0 Å². The van der Waals surface area contributed by atoms with Crippen molar-refractivity contribution in [2.75, 3.05) is 4.90 Å². The molecular formula is C74H44N2S2. The Labute approximate surface area is 458 Å². The Morgan fingerprint density at radius 2 is 0.821 bits per heavy atom. The molecule has 1 aliphatic rings. The Bertz CT molecular complexity index is 5140. The lowest BCUT2D eigenvalue weighted by Gasteiger charge is -2.33. The first-order valence-corrected chi connectivity index (χ1v) is 28.3. The SMILES string of the molecule is c1ccc(N2c3ccc(-c4ccc5c(c4)c4ccccc4n5-c4ccc5cc6c(ccc7sc8ccccc8c76)cc5c4)cc3Sc3cc(-c4c5ccccc5c(-c5ccc6ccccc6c5)c5ccccc45)ccc32)cc1. The third-order valence-electron chi connectivity index (χ3n) is 16.5. The van der Waals surface area contributed by atoms with Gasteiger partial charge in [-0.3, -0.25) is 0 Å². The highest BCUT2D eigenvalue weighted by Gasteiger charge is 2.27. The van der Waals surface area contributed by atoms with E-state index >= 15 is 0 Å². The largest absolute Gasteiger partial charge is 0.309 e. The maximum Gasteiger partial charge on any atom is 0.0602 e. The van der Waals surface area contributed by atoms with Gasteiger partial charge in [0.15, 0.2) is 0 Å². The third kappa shape index (κ3) is 6.64. The van der Waals surface area contributed by atoms with E-state index in [1.54, 1.807) is 0 Å². The van der Waals surface area contributed by atoms with Gasteiger partial charge in [0.1, 0.15) is 0 Å². The summed E-state index contributed by atoms with van der Waals surface area (Å²) in [5.74, 6) is 0. The van der Waals surface area contributed by atoms with Gasteiger partial charge in [0.25, 0.3) is 0 Å². The Morgan fingerprint density at radius 3 is 1.59 bits per heavy atom.